The van der Waals surface area contributed by atoms with Gasteiger partial charge in [0, 0.05) is 31.9 Å². The number of piperidine rings is 1. The van der Waals surface area contributed by atoms with Gasteiger partial charge in [-0.25, -0.2) is 14.6 Å². The maximum absolute atomic E-state index is 13.1. The summed E-state index contributed by atoms with van der Waals surface area (Å²) in [5.74, 6) is 2.10. The van der Waals surface area contributed by atoms with Crippen LogP contribution in [0.3, 0.4) is 0 Å². The average Bonchev–Trinajstić information content (AvgIpc) is 3.36. The number of carbonyl (C=O) groups is 1. The van der Waals surface area contributed by atoms with Crippen LogP contribution in [-0.4, -0.2) is 53.0 Å². The van der Waals surface area contributed by atoms with E-state index in [0.29, 0.717) is 30.2 Å². The predicted molar refractivity (Wildman–Crippen MR) is 138 cm³/mol. The maximum atomic E-state index is 13.1. The van der Waals surface area contributed by atoms with Gasteiger partial charge in [0.2, 0.25) is 5.91 Å². The van der Waals surface area contributed by atoms with Crippen molar-refractivity contribution in [2.75, 3.05) is 32.2 Å². The van der Waals surface area contributed by atoms with Gasteiger partial charge in [0.15, 0.2) is 5.65 Å². The van der Waals surface area contributed by atoms with Crippen LogP contribution in [0.5, 0.6) is 11.5 Å². The van der Waals surface area contributed by atoms with E-state index < -0.39 is 0 Å². The molecule has 186 valence electrons. The molecule has 0 unspecified atom stereocenters. The first kappa shape index (κ1) is 23.6. The van der Waals surface area contributed by atoms with Crippen LogP contribution in [-0.2, 0) is 11.3 Å². The lowest BCUT2D eigenvalue weighted by Crippen LogP contribution is -2.43. The van der Waals surface area contributed by atoms with Crippen LogP contribution < -0.4 is 19.7 Å². The summed E-state index contributed by atoms with van der Waals surface area (Å²) in [5.41, 5.74) is 3.72. The zero-order chi connectivity index (χ0) is 25.1. The number of carbonyl (C=O) groups excluding carboxylic acids is 1. The third-order valence-electron chi connectivity index (χ3n) is 6.56. The van der Waals surface area contributed by atoms with Gasteiger partial charge in [-0.15, -0.1) is 5.10 Å². The molecule has 5 rings (SSSR count). The fourth-order valence-corrected chi connectivity index (χ4v) is 4.59. The smallest absolute Gasteiger partial charge is 0.225 e. The molecule has 0 aliphatic carbocycles. The average molecular weight is 487 g/mol. The van der Waals surface area contributed by atoms with Crippen LogP contribution in [0.1, 0.15) is 24.0 Å². The first-order valence-corrected chi connectivity index (χ1v) is 12.1. The number of nitrogens with zero attached hydrogens (tertiary/aromatic N) is 5. The summed E-state index contributed by atoms with van der Waals surface area (Å²) in [5, 5.41) is 8.61. The molecule has 2 aromatic carbocycles. The lowest BCUT2D eigenvalue weighted by Gasteiger charge is -2.33. The topological polar surface area (TPSA) is 94.4 Å². The number of fused-ring (bicyclic) bond motifs is 1. The summed E-state index contributed by atoms with van der Waals surface area (Å²) in [6, 6.07) is 13.8. The van der Waals surface area contributed by atoms with Crippen LogP contribution in [0.15, 0.2) is 55.0 Å². The SMILES string of the molecule is COc1cc(CNC(=O)[C@@H]2CCCN(c3ncnc4nn(-c5ccc(C)cc5)cc34)C2)cc(OC)c1. The zero-order valence-corrected chi connectivity index (χ0v) is 20.8. The van der Waals surface area contributed by atoms with E-state index in [1.54, 1.807) is 20.5 Å². The monoisotopic (exact) mass is 486 g/mol. The predicted octanol–water partition coefficient (Wildman–Crippen LogP) is 3.67. The molecule has 0 spiro atoms. The number of hydrogen-bond acceptors (Lipinski definition) is 7. The molecule has 3 heterocycles. The highest BCUT2D eigenvalue weighted by Gasteiger charge is 2.28. The number of methoxy groups -OCH3 is 2. The molecule has 2 aromatic heterocycles. The van der Waals surface area contributed by atoms with Gasteiger partial charge in [-0.05, 0) is 49.6 Å². The Morgan fingerprint density at radius 3 is 2.56 bits per heavy atom. The van der Waals surface area contributed by atoms with Gasteiger partial charge in [0.05, 0.1) is 31.2 Å². The third kappa shape index (κ3) is 4.95. The highest BCUT2D eigenvalue weighted by molar-refractivity contribution is 5.87. The Bertz CT molecular complexity index is 1350. The number of benzene rings is 2. The Kier molecular flexibility index (Phi) is 6.71. The van der Waals surface area contributed by atoms with E-state index in [1.807, 2.05) is 41.2 Å². The fourth-order valence-electron chi connectivity index (χ4n) is 4.59. The molecule has 1 atom stereocenters. The van der Waals surface area contributed by atoms with Crippen LogP contribution >= 0.6 is 0 Å². The van der Waals surface area contributed by atoms with Gasteiger partial charge in [-0.2, -0.15) is 0 Å². The van der Waals surface area contributed by atoms with Gasteiger partial charge >= 0.3 is 0 Å². The summed E-state index contributed by atoms with van der Waals surface area (Å²) in [4.78, 5) is 24.2. The van der Waals surface area contributed by atoms with Gasteiger partial charge in [0.1, 0.15) is 23.6 Å². The molecule has 4 aromatic rings. The van der Waals surface area contributed by atoms with Gasteiger partial charge in [0.25, 0.3) is 0 Å². The van der Waals surface area contributed by atoms with Crippen molar-refractivity contribution in [1.82, 2.24) is 25.1 Å². The molecule has 1 aliphatic heterocycles. The van der Waals surface area contributed by atoms with Crippen molar-refractivity contribution in [1.29, 1.82) is 0 Å². The van der Waals surface area contributed by atoms with E-state index >= 15 is 0 Å². The molecule has 0 bridgehead atoms. The number of ether oxygens (including phenoxy) is 2. The molecular formula is C27H30N6O3. The minimum atomic E-state index is -0.136. The zero-order valence-electron chi connectivity index (χ0n) is 20.8. The lowest BCUT2D eigenvalue weighted by molar-refractivity contribution is -0.125. The first-order valence-electron chi connectivity index (χ1n) is 12.1. The van der Waals surface area contributed by atoms with E-state index in [0.717, 1.165) is 41.8 Å². The number of aromatic nitrogens is 4. The molecule has 0 saturated carbocycles. The second-order valence-corrected chi connectivity index (χ2v) is 9.07. The van der Waals surface area contributed by atoms with Crippen molar-refractivity contribution in [2.24, 2.45) is 5.92 Å². The van der Waals surface area contributed by atoms with E-state index in [9.17, 15) is 4.79 Å². The van der Waals surface area contributed by atoms with Crippen molar-refractivity contribution in [3.05, 3.63) is 66.1 Å². The van der Waals surface area contributed by atoms with Crippen LogP contribution in [0.4, 0.5) is 5.82 Å². The Hall–Kier alpha value is -4.14. The molecule has 36 heavy (non-hydrogen) atoms. The highest BCUT2D eigenvalue weighted by atomic mass is 16.5. The fraction of sp³-hybridized carbons (Fsp3) is 0.333. The lowest BCUT2D eigenvalue weighted by atomic mass is 9.97. The second-order valence-electron chi connectivity index (χ2n) is 9.07. The molecule has 1 fully saturated rings. The number of amides is 1. The highest BCUT2D eigenvalue weighted by Crippen LogP contribution is 2.28. The molecule has 1 aliphatic rings. The summed E-state index contributed by atoms with van der Waals surface area (Å²) in [6.45, 7) is 3.89. The van der Waals surface area contributed by atoms with E-state index in [1.165, 1.54) is 5.56 Å². The Balaban J connectivity index is 1.30. The van der Waals surface area contributed by atoms with E-state index in [2.05, 4.69) is 44.3 Å². The molecule has 9 nitrogen and oxygen atoms in total. The summed E-state index contributed by atoms with van der Waals surface area (Å²) < 4.78 is 12.5. The van der Waals surface area contributed by atoms with Crippen molar-refractivity contribution in [3.8, 4) is 17.2 Å². The summed E-state index contributed by atoms with van der Waals surface area (Å²) in [7, 11) is 3.23. The number of rotatable bonds is 7. The summed E-state index contributed by atoms with van der Waals surface area (Å²) >= 11 is 0. The van der Waals surface area contributed by atoms with Gasteiger partial charge in [-0.3, -0.25) is 4.79 Å². The van der Waals surface area contributed by atoms with Crippen LogP contribution in [0, 0.1) is 12.8 Å². The first-order chi connectivity index (χ1) is 17.5. The third-order valence-corrected chi connectivity index (χ3v) is 6.56. The minimum absolute atomic E-state index is 0.0298. The molecule has 1 saturated heterocycles. The number of anilines is 1. The molecule has 0 radical (unpaired) electrons. The van der Waals surface area contributed by atoms with Crippen molar-refractivity contribution < 1.29 is 14.3 Å². The van der Waals surface area contributed by atoms with Crippen LogP contribution in [0.25, 0.3) is 16.7 Å². The van der Waals surface area contributed by atoms with Crippen LogP contribution in [0.2, 0.25) is 0 Å². The Labute approximate surface area is 210 Å². The molecule has 1 amide bonds. The van der Waals surface area contributed by atoms with Crippen molar-refractivity contribution in [2.45, 2.75) is 26.3 Å². The second kappa shape index (κ2) is 10.2. The largest absolute Gasteiger partial charge is 0.497 e. The summed E-state index contributed by atoms with van der Waals surface area (Å²) in [6.07, 6.45) is 5.25. The van der Waals surface area contributed by atoms with Gasteiger partial charge < -0.3 is 19.7 Å². The number of hydrogen-bond donors (Lipinski definition) is 1. The van der Waals surface area contributed by atoms with E-state index in [4.69, 9.17) is 9.47 Å². The normalized spacial score (nSPS) is 15.6. The quantitative estimate of drug-likeness (QED) is 0.426. The van der Waals surface area contributed by atoms with E-state index in [-0.39, 0.29) is 11.8 Å². The molecule has 1 N–H and O–H groups in total. The Morgan fingerprint density at radius 2 is 1.83 bits per heavy atom. The van der Waals surface area contributed by atoms with Gasteiger partial charge in [-0.1, -0.05) is 17.7 Å². The maximum Gasteiger partial charge on any atom is 0.225 e. The van der Waals surface area contributed by atoms with Crippen molar-refractivity contribution in [3.63, 3.8) is 0 Å². The number of nitrogens with one attached hydrogen (secondary N) is 1. The molecule has 9 heteroatoms. The number of aryl methyl sites for hydroxylation is 1. The standard InChI is InChI=1S/C27H30N6O3/c1-18-6-8-21(9-7-18)33-16-24-25(31-33)29-17-30-26(24)32-10-4-5-20(15-32)27(34)28-14-19-11-22(35-2)13-23(12-19)36-3/h6-9,11-13,16-17,20H,4-5,10,14-15H2,1-3H3,(H,28,34)/t20-/m1/s1. The molecular weight excluding hydrogens is 456 g/mol. The minimum Gasteiger partial charge on any atom is -0.497 e. The Morgan fingerprint density at radius 1 is 1.08 bits per heavy atom. The van der Waals surface area contributed by atoms with Crippen molar-refractivity contribution >= 4 is 22.8 Å².